The van der Waals surface area contributed by atoms with Gasteiger partial charge in [0.05, 0.1) is 4.91 Å². The van der Waals surface area contributed by atoms with Gasteiger partial charge in [-0.3, -0.25) is 14.5 Å². The molecule has 2 amide bonds. The van der Waals surface area contributed by atoms with Gasteiger partial charge in [-0.05, 0) is 43.0 Å². The molecule has 0 saturated carbocycles. The highest BCUT2D eigenvalue weighted by atomic mass is 32.2. The van der Waals surface area contributed by atoms with E-state index in [1.165, 1.54) is 21.9 Å². The minimum Gasteiger partial charge on any atom is -0.480 e. The lowest BCUT2D eigenvalue weighted by Gasteiger charge is -2.33. The van der Waals surface area contributed by atoms with Gasteiger partial charge in [-0.1, -0.05) is 36.1 Å². The van der Waals surface area contributed by atoms with Gasteiger partial charge in [0.2, 0.25) is 5.91 Å². The number of likely N-dealkylation sites (tertiary alicyclic amines) is 1. The van der Waals surface area contributed by atoms with Gasteiger partial charge in [-0.15, -0.1) is 0 Å². The first-order valence-electron chi connectivity index (χ1n) is 8.90. The second kappa shape index (κ2) is 8.83. The fourth-order valence-electron chi connectivity index (χ4n) is 3.24. The molecule has 2 fully saturated rings. The second-order valence-corrected chi connectivity index (χ2v) is 8.25. The van der Waals surface area contributed by atoms with E-state index in [4.69, 9.17) is 12.2 Å². The molecule has 6 nitrogen and oxygen atoms in total. The highest BCUT2D eigenvalue weighted by Crippen LogP contribution is 2.32. The summed E-state index contributed by atoms with van der Waals surface area (Å²) in [5, 5.41) is 9.30. The highest BCUT2D eigenvalue weighted by molar-refractivity contribution is 8.26. The average Bonchev–Trinajstić information content (AvgIpc) is 2.94. The topological polar surface area (TPSA) is 77.9 Å². The summed E-state index contributed by atoms with van der Waals surface area (Å²) >= 11 is 6.38. The summed E-state index contributed by atoms with van der Waals surface area (Å²) in [7, 11) is 0. The standard InChI is InChI=1S/C19H19FN2O4S2/c20-13-6-4-12(5-7-13)11-15-17(24)22(19(27)28-15)10-8-16(23)21-9-2-1-3-14(21)18(25)26/h4-7,11,14H,1-3,8-10H2,(H,25,26)/b15-11-. The maximum atomic E-state index is 13.0. The van der Waals surface area contributed by atoms with Crippen molar-refractivity contribution in [2.24, 2.45) is 0 Å². The molecule has 0 aromatic heterocycles. The van der Waals surface area contributed by atoms with Crippen molar-refractivity contribution in [3.63, 3.8) is 0 Å². The molecule has 1 aromatic carbocycles. The van der Waals surface area contributed by atoms with E-state index < -0.39 is 12.0 Å². The first kappa shape index (κ1) is 20.5. The van der Waals surface area contributed by atoms with Crippen molar-refractivity contribution in [2.45, 2.75) is 31.7 Å². The van der Waals surface area contributed by atoms with Crippen LogP contribution in [0.3, 0.4) is 0 Å². The minimum atomic E-state index is -0.999. The first-order chi connectivity index (χ1) is 13.4. The molecule has 0 spiro atoms. The quantitative estimate of drug-likeness (QED) is 0.581. The van der Waals surface area contributed by atoms with Crippen LogP contribution in [0.25, 0.3) is 6.08 Å². The average molecular weight is 423 g/mol. The number of amides is 2. The van der Waals surface area contributed by atoms with Crippen LogP contribution in [-0.2, 0) is 14.4 Å². The van der Waals surface area contributed by atoms with Gasteiger partial charge in [0, 0.05) is 19.5 Å². The normalized spacial score (nSPS) is 21.5. The van der Waals surface area contributed by atoms with E-state index in [2.05, 4.69) is 0 Å². The number of piperidine rings is 1. The van der Waals surface area contributed by atoms with E-state index in [0.717, 1.165) is 24.6 Å². The van der Waals surface area contributed by atoms with Crippen LogP contribution in [0.2, 0.25) is 0 Å². The van der Waals surface area contributed by atoms with Crippen LogP contribution < -0.4 is 0 Å². The Labute approximate surface area is 171 Å². The molecule has 2 heterocycles. The molecule has 9 heteroatoms. The molecular weight excluding hydrogens is 403 g/mol. The van der Waals surface area contributed by atoms with Gasteiger partial charge >= 0.3 is 5.97 Å². The Morgan fingerprint density at radius 3 is 2.68 bits per heavy atom. The van der Waals surface area contributed by atoms with Gasteiger partial charge in [-0.2, -0.15) is 0 Å². The van der Waals surface area contributed by atoms with Crippen LogP contribution in [0, 0.1) is 5.82 Å². The van der Waals surface area contributed by atoms with Crippen molar-refractivity contribution in [1.82, 2.24) is 9.80 Å². The Balaban J connectivity index is 1.63. The van der Waals surface area contributed by atoms with E-state index in [0.29, 0.717) is 27.8 Å². The van der Waals surface area contributed by atoms with E-state index in [9.17, 15) is 23.9 Å². The molecule has 2 aliphatic rings. The summed E-state index contributed by atoms with van der Waals surface area (Å²) in [5.41, 5.74) is 0.676. The number of benzene rings is 1. The Kier molecular flexibility index (Phi) is 6.46. The Morgan fingerprint density at radius 1 is 1.29 bits per heavy atom. The number of hydrogen-bond acceptors (Lipinski definition) is 5. The molecule has 0 radical (unpaired) electrons. The molecule has 28 heavy (non-hydrogen) atoms. The SMILES string of the molecule is O=C(O)C1CCCCN1C(=O)CCN1C(=O)/C(=C/c2ccc(F)cc2)SC1=S. The molecule has 2 saturated heterocycles. The van der Waals surface area contributed by atoms with Crippen LogP contribution in [0.15, 0.2) is 29.2 Å². The molecular formula is C19H19FN2O4S2. The zero-order chi connectivity index (χ0) is 20.3. The molecule has 1 unspecified atom stereocenters. The summed E-state index contributed by atoms with van der Waals surface area (Å²) in [5.74, 6) is -1.95. The molecule has 148 valence electrons. The number of carbonyl (C=O) groups is 3. The monoisotopic (exact) mass is 422 g/mol. The maximum absolute atomic E-state index is 13.0. The third-order valence-corrected chi connectivity index (χ3v) is 6.08. The van der Waals surface area contributed by atoms with Crippen molar-refractivity contribution in [2.75, 3.05) is 13.1 Å². The third kappa shape index (κ3) is 4.59. The number of carboxylic acids is 1. The fourth-order valence-corrected chi connectivity index (χ4v) is 4.55. The zero-order valence-electron chi connectivity index (χ0n) is 15.0. The predicted molar refractivity (Wildman–Crippen MR) is 108 cm³/mol. The summed E-state index contributed by atoms with van der Waals surface area (Å²) in [6, 6.07) is 4.94. The highest BCUT2D eigenvalue weighted by Gasteiger charge is 2.35. The number of halogens is 1. The minimum absolute atomic E-state index is 0.0139. The number of thioether (sulfide) groups is 1. The number of nitrogens with zero attached hydrogens (tertiary/aromatic N) is 2. The number of carboxylic acid groups (broad SMARTS) is 1. The summed E-state index contributed by atoms with van der Waals surface area (Å²) in [6.07, 6.45) is 3.65. The molecule has 1 atom stereocenters. The summed E-state index contributed by atoms with van der Waals surface area (Å²) in [6.45, 7) is 0.520. The largest absolute Gasteiger partial charge is 0.480 e. The van der Waals surface area contributed by atoms with E-state index >= 15 is 0 Å². The lowest BCUT2D eigenvalue weighted by molar-refractivity contribution is -0.152. The number of thiocarbonyl (C=S) groups is 1. The summed E-state index contributed by atoms with van der Waals surface area (Å²) in [4.78, 5) is 39.6. The Hall–Kier alpha value is -2.26. The van der Waals surface area contributed by atoms with Crippen LogP contribution >= 0.6 is 24.0 Å². The summed E-state index contributed by atoms with van der Waals surface area (Å²) < 4.78 is 13.4. The van der Waals surface area contributed by atoms with Crippen LogP contribution in [0.5, 0.6) is 0 Å². The van der Waals surface area contributed by atoms with E-state index in [1.54, 1.807) is 18.2 Å². The molecule has 1 aromatic rings. The van der Waals surface area contributed by atoms with Crippen molar-refractivity contribution in [1.29, 1.82) is 0 Å². The number of rotatable bonds is 5. The van der Waals surface area contributed by atoms with Crippen molar-refractivity contribution in [3.8, 4) is 0 Å². The predicted octanol–water partition coefficient (Wildman–Crippen LogP) is 2.88. The van der Waals surface area contributed by atoms with Gasteiger partial charge in [0.25, 0.3) is 5.91 Å². The first-order valence-corrected chi connectivity index (χ1v) is 10.1. The van der Waals surface area contributed by atoms with Gasteiger partial charge in [0.15, 0.2) is 0 Å². The second-order valence-electron chi connectivity index (χ2n) is 6.57. The van der Waals surface area contributed by atoms with Gasteiger partial charge < -0.3 is 10.0 Å². The van der Waals surface area contributed by atoms with Crippen LogP contribution in [0.4, 0.5) is 4.39 Å². The smallest absolute Gasteiger partial charge is 0.326 e. The zero-order valence-corrected chi connectivity index (χ0v) is 16.6. The molecule has 2 aliphatic heterocycles. The lowest BCUT2D eigenvalue weighted by atomic mass is 10.0. The maximum Gasteiger partial charge on any atom is 0.326 e. The van der Waals surface area contributed by atoms with Crippen LogP contribution in [-0.4, -0.2) is 56.1 Å². The van der Waals surface area contributed by atoms with Crippen LogP contribution in [0.1, 0.15) is 31.2 Å². The Morgan fingerprint density at radius 2 is 2.00 bits per heavy atom. The van der Waals surface area contributed by atoms with E-state index in [-0.39, 0.29) is 30.6 Å². The van der Waals surface area contributed by atoms with Crippen molar-refractivity contribution < 1.29 is 23.9 Å². The van der Waals surface area contributed by atoms with Gasteiger partial charge in [-0.25, -0.2) is 9.18 Å². The third-order valence-electron chi connectivity index (χ3n) is 4.70. The van der Waals surface area contributed by atoms with Gasteiger partial charge in [0.1, 0.15) is 16.2 Å². The molecule has 3 rings (SSSR count). The van der Waals surface area contributed by atoms with Crippen molar-refractivity contribution >= 4 is 52.2 Å². The molecule has 1 N–H and O–H groups in total. The number of aliphatic carboxylic acids is 1. The van der Waals surface area contributed by atoms with Crippen molar-refractivity contribution in [3.05, 3.63) is 40.6 Å². The molecule has 0 bridgehead atoms. The fraction of sp³-hybridized carbons (Fsp3) is 0.368. The lowest BCUT2D eigenvalue weighted by Crippen LogP contribution is -2.48. The van der Waals surface area contributed by atoms with E-state index in [1.807, 2.05) is 0 Å². The molecule has 0 aliphatic carbocycles. The number of carbonyl (C=O) groups excluding carboxylic acids is 2. The number of hydrogen-bond donors (Lipinski definition) is 1. The Bertz CT molecular complexity index is 841.